The van der Waals surface area contributed by atoms with Crippen molar-refractivity contribution in [2.45, 2.75) is 45.4 Å². The fraction of sp³-hybridized carbons (Fsp3) is 0.562. The molecule has 1 aliphatic carbocycles. The van der Waals surface area contributed by atoms with Crippen LogP contribution in [-0.2, 0) is 4.79 Å². The molecule has 3 nitrogen and oxygen atoms in total. The fourth-order valence-corrected chi connectivity index (χ4v) is 3.34. The summed E-state index contributed by atoms with van der Waals surface area (Å²) >= 11 is 0. The average molecular weight is 262 g/mol. The lowest BCUT2D eigenvalue weighted by Gasteiger charge is -2.30. The quantitative estimate of drug-likeness (QED) is 0.904. The van der Waals surface area contributed by atoms with Gasteiger partial charge in [0.15, 0.2) is 0 Å². The van der Waals surface area contributed by atoms with Gasteiger partial charge in [0.05, 0.1) is 13.0 Å². The van der Waals surface area contributed by atoms with E-state index in [-0.39, 0.29) is 11.8 Å². The molecule has 0 radical (unpaired) electrons. The zero-order valence-corrected chi connectivity index (χ0v) is 11.9. The van der Waals surface area contributed by atoms with Gasteiger partial charge in [-0.1, -0.05) is 30.5 Å². The summed E-state index contributed by atoms with van der Waals surface area (Å²) in [4.78, 5) is 11.5. The van der Waals surface area contributed by atoms with E-state index in [0.717, 1.165) is 42.6 Å². The van der Waals surface area contributed by atoms with Crippen molar-refractivity contribution in [2.75, 3.05) is 7.11 Å². The lowest BCUT2D eigenvalue weighted by Crippen LogP contribution is -2.26. The zero-order chi connectivity index (χ0) is 14.0. The molecule has 19 heavy (non-hydrogen) atoms. The highest BCUT2D eigenvalue weighted by atomic mass is 16.5. The highest BCUT2D eigenvalue weighted by Gasteiger charge is 2.33. The van der Waals surface area contributed by atoms with Crippen LogP contribution in [0.5, 0.6) is 5.75 Å². The maximum Gasteiger partial charge on any atom is 0.307 e. The molecule has 1 aliphatic rings. The molecule has 0 saturated heterocycles. The number of aryl methyl sites for hydroxylation is 2. The molecular weight excluding hydrogens is 240 g/mol. The first kappa shape index (κ1) is 13.9. The molecule has 2 rings (SSSR count). The van der Waals surface area contributed by atoms with Crippen LogP contribution in [0.1, 0.15) is 48.3 Å². The number of methoxy groups -OCH3 is 1. The zero-order valence-electron chi connectivity index (χ0n) is 11.9. The smallest absolute Gasteiger partial charge is 0.307 e. The predicted octanol–water partition coefficient (Wildman–Crippen LogP) is 3.67. The number of carbonyl (C=O) groups is 1. The van der Waals surface area contributed by atoms with Crippen LogP contribution < -0.4 is 4.74 Å². The van der Waals surface area contributed by atoms with Crippen LogP contribution >= 0.6 is 0 Å². The Kier molecular flexibility index (Phi) is 4.13. The van der Waals surface area contributed by atoms with Gasteiger partial charge in [-0.3, -0.25) is 4.79 Å². The van der Waals surface area contributed by atoms with E-state index in [4.69, 9.17) is 4.74 Å². The summed E-state index contributed by atoms with van der Waals surface area (Å²) in [5, 5.41) is 9.43. The Hall–Kier alpha value is -1.51. The van der Waals surface area contributed by atoms with Crippen LogP contribution in [0.25, 0.3) is 0 Å². The van der Waals surface area contributed by atoms with E-state index >= 15 is 0 Å². The van der Waals surface area contributed by atoms with Gasteiger partial charge in [-0.15, -0.1) is 0 Å². The molecule has 1 saturated carbocycles. The number of carboxylic acid groups (broad SMARTS) is 1. The van der Waals surface area contributed by atoms with Gasteiger partial charge in [-0.25, -0.2) is 0 Å². The second-order valence-electron chi connectivity index (χ2n) is 5.54. The summed E-state index contributed by atoms with van der Waals surface area (Å²) in [6.07, 6.45) is 3.83. The minimum absolute atomic E-state index is 0.0831. The Balaban J connectivity index is 2.46. The first-order valence-electron chi connectivity index (χ1n) is 6.92. The van der Waals surface area contributed by atoms with E-state index < -0.39 is 5.97 Å². The fourth-order valence-electron chi connectivity index (χ4n) is 3.34. The number of carboxylic acids is 1. The summed E-state index contributed by atoms with van der Waals surface area (Å²) in [7, 11) is 1.67. The molecule has 1 aromatic carbocycles. The SMILES string of the molecule is COc1c(C)cc(C)cc1C1CCCCC1C(=O)O. The van der Waals surface area contributed by atoms with Gasteiger partial charge >= 0.3 is 5.97 Å². The van der Waals surface area contributed by atoms with Crippen LogP contribution in [0.3, 0.4) is 0 Å². The van der Waals surface area contributed by atoms with Gasteiger partial charge in [-0.2, -0.15) is 0 Å². The number of hydrogen-bond donors (Lipinski definition) is 1. The Morgan fingerprint density at radius 1 is 1.26 bits per heavy atom. The van der Waals surface area contributed by atoms with Crippen LogP contribution in [0.15, 0.2) is 12.1 Å². The molecule has 2 atom stereocenters. The molecule has 1 fully saturated rings. The Labute approximate surface area is 114 Å². The highest BCUT2D eigenvalue weighted by molar-refractivity contribution is 5.72. The summed E-state index contributed by atoms with van der Waals surface area (Å²) in [5.41, 5.74) is 3.34. The standard InChI is InChI=1S/C16H22O3/c1-10-8-11(2)15(19-3)14(9-10)12-6-4-5-7-13(12)16(17)18/h8-9,12-13H,4-7H2,1-3H3,(H,17,18). The lowest BCUT2D eigenvalue weighted by molar-refractivity contribution is -0.143. The van der Waals surface area contributed by atoms with Crippen molar-refractivity contribution in [3.05, 3.63) is 28.8 Å². The third kappa shape index (κ3) is 2.75. The molecule has 0 heterocycles. The Bertz CT molecular complexity index is 479. The summed E-state index contributed by atoms with van der Waals surface area (Å²) in [6, 6.07) is 4.18. The van der Waals surface area contributed by atoms with Gasteiger partial charge in [0.1, 0.15) is 5.75 Å². The van der Waals surface area contributed by atoms with Crippen molar-refractivity contribution < 1.29 is 14.6 Å². The minimum Gasteiger partial charge on any atom is -0.496 e. The van der Waals surface area contributed by atoms with Crippen molar-refractivity contribution in [3.63, 3.8) is 0 Å². The number of hydrogen-bond acceptors (Lipinski definition) is 2. The van der Waals surface area contributed by atoms with Crippen LogP contribution in [0.4, 0.5) is 0 Å². The lowest BCUT2D eigenvalue weighted by atomic mass is 9.74. The van der Waals surface area contributed by atoms with Gasteiger partial charge in [0.2, 0.25) is 0 Å². The molecule has 0 amide bonds. The molecule has 0 bridgehead atoms. The molecule has 104 valence electrons. The molecule has 1 N–H and O–H groups in total. The number of aliphatic carboxylic acids is 1. The van der Waals surface area contributed by atoms with Crippen molar-refractivity contribution in [1.82, 2.24) is 0 Å². The molecule has 0 spiro atoms. The van der Waals surface area contributed by atoms with Crippen LogP contribution in [0, 0.1) is 19.8 Å². The second-order valence-corrected chi connectivity index (χ2v) is 5.54. The van der Waals surface area contributed by atoms with Gasteiger partial charge in [-0.05, 0) is 37.8 Å². The largest absolute Gasteiger partial charge is 0.496 e. The first-order valence-corrected chi connectivity index (χ1v) is 6.92. The third-order valence-corrected chi connectivity index (χ3v) is 4.13. The third-order valence-electron chi connectivity index (χ3n) is 4.13. The molecule has 2 unspecified atom stereocenters. The maximum absolute atomic E-state index is 11.5. The van der Waals surface area contributed by atoms with Crippen molar-refractivity contribution in [2.24, 2.45) is 5.92 Å². The molecular formula is C16H22O3. The van der Waals surface area contributed by atoms with Crippen molar-refractivity contribution in [3.8, 4) is 5.75 Å². The van der Waals surface area contributed by atoms with E-state index in [1.807, 2.05) is 6.92 Å². The van der Waals surface area contributed by atoms with E-state index in [2.05, 4.69) is 19.1 Å². The molecule has 0 aromatic heterocycles. The van der Waals surface area contributed by atoms with Gasteiger partial charge < -0.3 is 9.84 Å². The normalized spacial score (nSPS) is 23.1. The average Bonchev–Trinajstić information content (AvgIpc) is 2.37. The van der Waals surface area contributed by atoms with Gasteiger partial charge in [0.25, 0.3) is 0 Å². The van der Waals surface area contributed by atoms with Gasteiger partial charge in [0, 0.05) is 5.92 Å². The number of rotatable bonds is 3. The minimum atomic E-state index is -0.675. The molecule has 3 heteroatoms. The number of ether oxygens (including phenoxy) is 1. The summed E-state index contributed by atoms with van der Waals surface area (Å²) < 4.78 is 5.52. The monoisotopic (exact) mass is 262 g/mol. The van der Waals surface area contributed by atoms with E-state index in [9.17, 15) is 9.90 Å². The predicted molar refractivity (Wildman–Crippen MR) is 74.8 cm³/mol. The maximum atomic E-state index is 11.5. The Morgan fingerprint density at radius 2 is 1.95 bits per heavy atom. The number of benzene rings is 1. The molecule has 1 aromatic rings. The van der Waals surface area contributed by atoms with E-state index in [1.54, 1.807) is 7.11 Å². The topological polar surface area (TPSA) is 46.5 Å². The van der Waals surface area contributed by atoms with E-state index in [1.165, 1.54) is 5.56 Å². The van der Waals surface area contributed by atoms with Crippen molar-refractivity contribution in [1.29, 1.82) is 0 Å². The first-order chi connectivity index (χ1) is 9.04. The van der Waals surface area contributed by atoms with Crippen LogP contribution in [0.2, 0.25) is 0 Å². The Morgan fingerprint density at radius 3 is 2.58 bits per heavy atom. The van der Waals surface area contributed by atoms with E-state index in [0.29, 0.717) is 0 Å². The van der Waals surface area contributed by atoms with Crippen molar-refractivity contribution >= 4 is 5.97 Å². The summed E-state index contributed by atoms with van der Waals surface area (Å²) in [6.45, 7) is 4.07. The second kappa shape index (κ2) is 5.64. The highest BCUT2D eigenvalue weighted by Crippen LogP contribution is 2.43. The molecule has 0 aliphatic heterocycles. The van der Waals surface area contributed by atoms with Crippen LogP contribution in [-0.4, -0.2) is 18.2 Å². The summed E-state index contributed by atoms with van der Waals surface area (Å²) in [5.74, 6) is -0.00156.